The maximum atomic E-state index is 14.3. The molecular formula is C47H61NO13. The SMILES string of the molecule is CCCCCC(=O)NC(c1ccccc1)C(O)C(=O)OC1CC2(O)C(OC(=O)c3ccccc3)C3[C@]4(OC(C)=O)COC4C[C@H](C)[C@@]3(C)C(O)C(OC(C)=O)C(=C1C)C2(C)C. The van der Waals surface area contributed by atoms with Gasteiger partial charge in [-0.25, -0.2) is 9.59 Å². The average Bonchev–Trinajstić information content (AvgIpc) is 3.21. The highest BCUT2D eigenvalue weighted by molar-refractivity contribution is 5.89. The molecule has 61 heavy (non-hydrogen) atoms. The number of carbonyl (C=O) groups excluding carboxylic acids is 5. The lowest BCUT2D eigenvalue weighted by Crippen LogP contribution is -2.81. The maximum Gasteiger partial charge on any atom is 0.338 e. The number of ether oxygens (including phenoxy) is 5. The molecule has 2 aromatic rings. The molecule has 2 saturated carbocycles. The van der Waals surface area contributed by atoms with Gasteiger partial charge in [-0.2, -0.15) is 0 Å². The van der Waals surface area contributed by atoms with Crippen LogP contribution in [0.3, 0.4) is 0 Å². The van der Waals surface area contributed by atoms with Crippen LogP contribution in [0, 0.1) is 22.7 Å². The van der Waals surface area contributed by atoms with Crippen molar-refractivity contribution in [3.8, 4) is 0 Å². The van der Waals surface area contributed by atoms with Gasteiger partial charge in [0, 0.05) is 37.5 Å². The van der Waals surface area contributed by atoms with Gasteiger partial charge < -0.3 is 44.3 Å². The van der Waals surface area contributed by atoms with Crippen molar-refractivity contribution >= 4 is 29.8 Å². The van der Waals surface area contributed by atoms with Crippen LogP contribution in [0.2, 0.25) is 0 Å². The van der Waals surface area contributed by atoms with Crippen LogP contribution in [-0.4, -0.2) is 99.5 Å². The molecule has 2 aromatic carbocycles. The first-order chi connectivity index (χ1) is 28.7. The van der Waals surface area contributed by atoms with E-state index in [1.54, 1.807) is 88.4 Å². The molecule has 1 saturated heterocycles. The van der Waals surface area contributed by atoms with E-state index in [1.807, 2.05) is 13.8 Å². The molecule has 9 unspecified atom stereocenters. The number of aliphatic hydroxyl groups is 3. The molecule has 1 amide bonds. The van der Waals surface area contributed by atoms with E-state index in [-0.39, 0.29) is 30.1 Å². The van der Waals surface area contributed by atoms with Crippen LogP contribution in [0.1, 0.15) is 116 Å². The fraction of sp³-hybridized carbons (Fsp3) is 0.596. The van der Waals surface area contributed by atoms with Crippen molar-refractivity contribution in [2.24, 2.45) is 22.7 Å². The first-order valence-electron chi connectivity index (χ1n) is 21.3. The number of amides is 1. The maximum absolute atomic E-state index is 14.3. The number of hydrogen-bond acceptors (Lipinski definition) is 13. The van der Waals surface area contributed by atoms with Crippen molar-refractivity contribution in [3.05, 3.63) is 82.9 Å². The van der Waals surface area contributed by atoms with Crippen LogP contribution in [0.4, 0.5) is 0 Å². The van der Waals surface area contributed by atoms with Crippen molar-refractivity contribution in [1.82, 2.24) is 5.32 Å². The number of benzene rings is 2. The predicted molar refractivity (Wildman–Crippen MR) is 220 cm³/mol. The second kappa shape index (κ2) is 17.6. The predicted octanol–water partition coefficient (Wildman–Crippen LogP) is 5.07. The smallest absolute Gasteiger partial charge is 0.338 e. The molecule has 12 atom stereocenters. The monoisotopic (exact) mass is 847 g/mol. The molecule has 3 aliphatic carbocycles. The molecule has 1 heterocycles. The Hall–Kier alpha value is -4.63. The van der Waals surface area contributed by atoms with E-state index in [4.69, 9.17) is 23.7 Å². The number of hydrogen-bond donors (Lipinski definition) is 4. The van der Waals surface area contributed by atoms with Gasteiger partial charge in [-0.1, -0.05) is 96.0 Å². The second-order valence-electron chi connectivity index (χ2n) is 18.1. The molecule has 332 valence electrons. The van der Waals surface area contributed by atoms with Gasteiger partial charge in [0.2, 0.25) is 5.91 Å². The van der Waals surface area contributed by atoms with Gasteiger partial charge in [0.15, 0.2) is 17.8 Å². The Bertz CT molecular complexity index is 2000. The third-order valence-electron chi connectivity index (χ3n) is 14.2. The fourth-order valence-corrected chi connectivity index (χ4v) is 10.7. The summed E-state index contributed by atoms with van der Waals surface area (Å²) in [7, 11) is 0. The Balaban J connectivity index is 1.52. The quantitative estimate of drug-likeness (QED) is 0.0902. The van der Waals surface area contributed by atoms with E-state index < -0.39 is 107 Å². The highest BCUT2D eigenvalue weighted by Crippen LogP contribution is 2.66. The van der Waals surface area contributed by atoms with Crippen molar-refractivity contribution in [1.29, 1.82) is 0 Å². The number of aliphatic hydroxyl groups excluding tert-OH is 2. The Labute approximate surface area is 357 Å². The summed E-state index contributed by atoms with van der Waals surface area (Å²) >= 11 is 0. The lowest BCUT2D eigenvalue weighted by atomic mass is 9.43. The fourth-order valence-electron chi connectivity index (χ4n) is 10.7. The minimum atomic E-state index is -2.22. The van der Waals surface area contributed by atoms with Gasteiger partial charge >= 0.3 is 23.9 Å². The molecule has 0 aromatic heterocycles. The van der Waals surface area contributed by atoms with Gasteiger partial charge in [0.05, 0.1) is 24.1 Å². The Morgan fingerprint density at radius 3 is 2.13 bits per heavy atom. The largest absolute Gasteiger partial charge is 0.456 e. The summed E-state index contributed by atoms with van der Waals surface area (Å²) in [5.41, 5.74) is -5.50. The lowest BCUT2D eigenvalue weighted by molar-refractivity contribution is -0.358. The zero-order valence-electron chi connectivity index (χ0n) is 36.3. The Morgan fingerprint density at radius 2 is 1.56 bits per heavy atom. The molecule has 14 heteroatoms. The van der Waals surface area contributed by atoms with Gasteiger partial charge in [0.1, 0.15) is 30.0 Å². The number of rotatable bonds is 13. The lowest BCUT2D eigenvalue weighted by Gasteiger charge is -2.69. The van der Waals surface area contributed by atoms with Crippen LogP contribution < -0.4 is 5.32 Å². The third kappa shape index (κ3) is 8.12. The van der Waals surface area contributed by atoms with E-state index in [9.17, 15) is 39.3 Å². The van der Waals surface area contributed by atoms with Crippen LogP contribution in [0.25, 0.3) is 0 Å². The molecule has 4 aliphatic rings. The van der Waals surface area contributed by atoms with E-state index >= 15 is 0 Å². The zero-order chi connectivity index (χ0) is 44.7. The topological polar surface area (TPSA) is 204 Å². The molecule has 3 fully saturated rings. The second-order valence-corrected chi connectivity index (χ2v) is 18.1. The van der Waals surface area contributed by atoms with Gasteiger partial charge in [-0.05, 0) is 54.5 Å². The van der Waals surface area contributed by atoms with Crippen LogP contribution in [0.15, 0.2) is 71.8 Å². The van der Waals surface area contributed by atoms with Gasteiger partial charge in [-0.3, -0.25) is 14.4 Å². The normalized spacial score (nSPS) is 33.5. The Morgan fingerprint density at radius 1 is 0.918 bits per heavy atom. The Kier molecular flexibility index (Phi) is 13.3. The standard InChI is InChI=1S/C47H61NO13/c1-9-10-13-22-34(51)48-36(30-18-14-11-15-19-30)37(52)43(55)59-32-24-47(56)41(60-42(54)31-20-16-12-17-21-31)39-45(8,26(2)23-33-46(39,25-57-33)61-29(5)50)40(53)38(58-28(4)49)35(27(32)3)44(47,6)7/h11-12,14-21,26,32-33,36-41,52-53,56H,9-10,13,22-25H2,1-8H3,(H,48,51)/t26-,32?,33?,36?,37?,38?,39?,40?,41?,45+,46-,47?/m0/s1. The van der Waals surface area contributed by atoms with E-state index in [1.165, 1.54) is 13.8 Å². The summed E-state index contributed by atoms with van der Waals surface area (Å²) in [5.74, 6) is -5.36. The minimum Gasteiger partial charge on any atom is -0.456 e. The first kappa shape index (κ1) is 45.9. The summed E-state index contributed by atoms with van der Waals surface area (Å²) in [6.45, 7) is 12.9. The summed E-state index contributed by atoms with van der Waals surface area (Å²) < 4.78 is 31.0. The van der Waals surface area contributed by atoms with Gasteiger partial charge in [-0.15, -0.1) is 0 Å². The number of carbonyl (C=O) groups is 5. The van der Waals surface area contributed by atoms with E-state index in [0.29, 0.717) is 24.0 Å². The summed E-state index contributed by atoms with van der Waals surface area (Å²) in [6, 6.07) is 15.5. The minimum absolute atomic E-state index is 0.150. The zero-order valence-corrected chi connectivity index (χ0v) is 36.3. The molecule has 14 nitrogen and oxygen atoms in total. The first-order valence-corrected chi connectivity index (χ1v) is 21.3. The average molecular weight is 848 g/mol. The van der Waals surface area contributed by atoms with Crippen LogP contribution >= 0.6 is 0 Å². The van der Waals surface area contributed by atoms with Crippen LogP contribution in [-0.2, 0) is 42.9 Å². The molecule has 0 radical (unpaired) electrons. The summed E-state index contributed by atoms with van der Waals surface area (Å²) in [5, 5.41) is 41.3. The van der Waals surface area contributed by atoms with Gasteiger partial charge in [0.25, 0.3) is 0 Å². The number of esters is 4. The highest BCUT2D eigenvalue weighted by Gasteiger charge is 2.77. The highest BCUT2D eigenvalue weighted by atomic mass is 16.6. The van der Waals surface area contributed by atoms with Crippen molar-refractivity contribution in [2.75, 3.05) is 6.61 Å². The molecule has 0 spiro atoms. The molecule has 6 rings (SSSR count). The van der Waals surface area contributed by atoms with Crippen molar-refractivity contribution < 1.29 is 63.0 Å². The van der Waals surface area contributed by atoms with E-state index in [2.05, 4.69) is 5.32 Å². The molecular weight excluding hydrogens is 787 g/mol. The number of unbranched alkanes of at least 4 members (excludes halogenated alkanes) is 2. The molecule has 4 N–H and O–H groups in total. The molecule has 2 bridgehead atoms. The number of fused-ring (bicyclic) bond motifs is 5. The van der Waals surface area contributed by atoms with Crippen molar-refractivity contribution in [3.63, 3.8) is 0 Å². The van der Waals surface area contributed by atoms with E-state index in [0.717, 1.165) is 12.8 Å². The third-order valence-corrected chi connectivity index (χ3v) is 14.2. The number of nitrogens with one attached hydrogen (secondary N) is 1. The summed E-state index contributed by atoms with van der Waals surface area (Å²) in [4.78, 5) is 67.9. The molecule has 1 aliphatic heterocycles. The summed E-state index contributed by atoms with van der Waals surface area (Å²) in [6.07, 6.45) is -6.20. The van der Waals surface area contributed by atoms with Crippen molar-refractivity contribution in [2.45, 2.75) is 148 Å². The van der Waals surface area contributed by atoms with Crippen LogP contribution in [0.5, 0.6) is 0 Å².